The van der Waals surface area contributed by atoms with Crippen LogP contribution in [0.15, 0.2) is 42.6 Å². The number of fused-ring (bicyclic) bond motifs is 5. The van der Waals surface area contributed by atoms with E-state index in [1.54, 1.807) is 13.8 Å². The van der Waals surface area contributed by atoms with Crippen molar-refractivity contribution < 1.29 is 9.84 Å². The molecule has 0 aliphatic carbocycles. The lowest BCUT2D eigenvalue weighted by molar-refractivity contribution is -0.0893. The van der Waals surface area contributed by atoms with E-state index in [2.05, 4.69) is 73.0 Å². The number of likely N-dealkylation sites (N-methyl/N-ethyl adjacent to an activating group) is 1. The smallest absolute Gasteiger partial charge is 0.229 e. The molecule has 42 heavy (non-hydrogen) atoms. The van der Waals surface area contributed by atoms with Crippen LogP contribution < -0.4 is 15.1 Å². The minimum atomic E-state index is -1.05. The second-order valence-corrected chi connectivity index (χ2v) is 14.2. The van der Waals surface area contributed by atoms with Crippen molar-refractivity contribution in [3.05, 3.63) is 59.4 Å². The number of likely N-dealkylation sites (tertiary alicyclic amines) is 1. The molecule has 3 saturated heterocycles. The molecule has 0 amide bonds. The van der Waals surface area contributed by atoms with Gasteiger partial charge in [0, 0.05) is 53.7 Å². The number of aryl methyl sites for hydroxylation is 1. The summed E-state index contributed by atoms with van der Waals surface area (Å²) in [5.41, 5.74) is 3.60. The summed E-state index contributed by atoms with van der Waals surface area (Å²) in [7, 11) is 2.24. The predicted octanol–water partition coefficient (Wildman–Crippen LogP) is 5.02. The molecule has 0 saturated carbocycles. The molecule has 2 N–H and O–H groups in total. The Balaban J connectivity index is 1.22. The number of aromatic nitrogens is 3. The van der Waals surface area contributed by atoms with Gasteiger partial charge in [0.25, 0.3) is 0 Å². The number of aliphatic hydroxyl groups is 1. The fourth-order valence-electron chi connectivity index (χ4n) is 7.50. The Morgan fingerprint density at radius 2 is 1.88 bits per heavy atom. The van der Waals surface area contributed by atoms with Crippen molar-refractivity contribution in [1.29, 1.82) is 0 Å². The van der Waals surface area contributed by atoms with Crippen LogP contribution >= 0.6 is 0 Å². The minimum absolute atomic E-state index is 0.0849. The fourth-order valence-corrected chi connectivity index (χ4v) is 7.50. The van der Waals surface area contributed by atoms with Gasteiger partial charge in [-0.25, -0.2) is 9.97 Å². The Labute approximate surface area is 248 Å². The minimum Gasteiger partial charge on any atom is -0.384 e. The van der Waals surface area contributed by atoms with Gasteiger partial charge in [0.1, 0.15) is 17.2 Å². The van der Waals surface area contributed by atoms with Gasteiger partial charge >= 0.3 is 0 Å². The largest absolute Gasteiger partial charge is 0.384 e. The number of benzene rings is 1. The molecule has 6 heterocycles. The summed E-state index contributed by atoms with van der Waals surface area (Å²) >= 11 is 0. The summed E-state index contributed by atoms with van der Waals surface area (Å²) in [5.74, 6) is 2.17. The van der Waals surface area contributed by atoms with E-state index in [0.29, 0.717) is 30.3 Å². The van der Waals surface area contributed by atoms with Crippen LogP contribution in [0.2, 0.25) is 0 Å². The van der Waals surface area contributed by atoms with E-state index in [1.165, 1.54) is 17.7 Å². The Morgan fingerprint density at radius 3 is 2.57 bits per heavy atom. The molecule has 0 unspecified atom stereocenters. The molecule has 2 aromatic heterocycles. The van der Waals surface area contributed by atoms with E-state index in [0.717, 1.165) is 42.4 Å². The maximum Gasteiger partial charge on any atom is 0.229 e. The van der Waals surface area contributed by atoms with Gasteiger partial charge in [0.05, 0.1) is 23.9 Å². The molecule has 3 aromatic rings. The summed E-state index contributed by atoms with van der Waals surface area (Å²) in [6, 6.07) is 13.8. The average molecular weight is 570 g/mol. The second kappa shape index (κ2) is 9.36. The first-order chi connectivity index (χ1) is 19.8. The number of hydrogen-bond donors (Lipinski definition) is 2. The first-order valence-electron chi connectivity index (χ1n) is 15.2. The Bertz CT molecular complexity index is 1530. The van der Waals surface area contributed by atoms with Crippen LogP contribution in [0.4, 0.5) is 29.0 Å². The van der Waals surface area contributed by atoms with Crippen LogP contribution in [0.1, 0.15) is 64.3 Å². The summed E-state index contributed by atoms with van der Waals surface area (Å²) in [6.45, 7) is 15.1. The summed E-state index contributed by atoms with van der Waals surface area (Å²) in [4.78, 5) is 22.2. The summed E-state index contributed by atoms with van der Waals surface area (Å²) in [5, 5.41) is 14.2. The third kappa shape index (κ3) is 4.44. The van der Waals surface area contributed by atoms with Crippen molar-refractivity contribution in [3.8, 4) is 0 Å². The number of anilines is 5. The molecule has 9 heteroatoms. The molecule has 2 bridgehead atoms. The van der Waals surface area contributed by atoms with Crippen molar-refractivity contribution >= 4 is 29.0 Å². The van der Waals surface area contributed by atoms with Gasteiger partial charge in [0.2, 0.25) is 5.95 Å². The summed E-state index contributed by atoms with van der Waals surface area (Å²) in [6.07, 6.45) is 4.02. The predicted molar refractivity (Wildman–Crippen MR) is 166 cm³/mol. The van der Waals surface area contributed by atoms with Crippen molar-refractivity contribution in [3.63, 3.8) is 0 Å². The maximum atomic E-state index is 10.7. The van der Waals surface area contributed by atoms with Gasteiger partial charge in [-0.15, -0.1) is 0 Å². The van der Waals surface area contributed by atoms with Gasteiger partial charge in [-0.1, -0.05) is 13.0 Å². The first kappa shape index (κ1) is 27.6. The van der Waals surface area contributed by atoms with E-state index in [1.807, 2.05) is 24.4 Å². The molecule has 7 rings (SSSR count). The number of ether oxygens (including phenoxy) is 1. The number of nitrogens with one attached hydrogen (secondary N) is 1. The van der Waals surface area contributed by atoms with E-state index in [9.17, 15) is 5.11 Å². The fraction of sp³-hybridized carbons (Fsp3) is 0.545. The molecule has 4 aliphatic rings. The number of pyridine rings is 1. The second-order valence-electron chi connectivity index (χ2n) is 14.2. The normalized spacial score (nSPS) is 28.2. The Hall–Kier alpha value is -3.27. The molecule has 0 spiro atoms. The van der Waals surface area contributed by atoms with Crippen LogP contribution in [0.25, 0.3) is 0 Å². The average Bonchev–Trinajstić information content (AvgIpc) is 3.57. The SMILES string of the molecule is Cc1cc(Nc2ncc3c(n2)N(c2cccc(C(C)(C)O)n2)[C@@H]2CC(C)(C)OC[C@]32C)ccc1N1C[C@@H]2C[C@H]1CN2C. The van der Waals surface area contributed by atoms with Crippen LogP contribution in [0.3, 0.4) is 0 Å². The molecule has 3 fully saturated rings. The highest BCUT2D eigenvalue weighted by atomic mass is 16.5. The molecular formula is C33H43N7O2. The van der Waals surface area contributed by atoms with Crippen molar-refractivity contribution in [2.45, 2.75) is 89.1 Å². The molecule has 9 nitrogen and oxygen atoms in total. The Morgan fingerprint density at radius 1 is 1.07 bits per heavy atom. The van der Waals surface area contributed by atoms with Crippen LogP contribution in [0, 0.1) is 6.92 Å². The lowest BCUT2D eigenvalue weighted by Gasteiger charge is -2.46. The molecule has 4 aliphatic heterocycles. The van der Waals surface area contributed by atoms with Gasteiger partial charge in [-0.05, 0) is 90.4 Å². The quantitative estimate of drug-likeness (QED) is 0.440. The number of hydrogen-bond acceptors (Lipinski definition) is 9. The van der Waals surface area contributed by atoms with E-state index < -0.39 is 5.60 Å². The van der Waals surface area contributed by atoms with Crippen molar-refractivity contribution in [1.82, 2.24) is 19.9 Å². The van der Waals surface area contributed by atoms with Crippen molar-refractivity contribution in [2.24, 2.45) is 0 Å². The Kier molecular flexibility index (Phi) is 6.14. The zero-order valence-corrected chi connectivity index (χ0v) is 25.8. The number of piperazine rings is 1. The molecule has 222 valence electrons. The van der Waals surface area contributed by atoms with E-state index in [-0.39, 0.29) is 17.1 Å². The molecule has 0 radical (unpaired) electrons. The van der Waals surface area contributed by atoms with Gasteiger partial charge in [-0.2, -0.15) is 4.98 Å². The van der Waals surface area contributed by atoms with Crippen LogP contribution in [-0.4, -0.2) is 75.4 Å². The lowest BCUT2D eigenvalue weighted by atomic mass is 9.73. The highest BCUT2D eigenvalue weighted by Crippen LogP contribution is 2.53. The van der Waals surface area contributed by atoms with E-state index >= 15 is 0 Å². The molecule has 4 atom stereocenters. The van der Waals surface area contributed by atoms with Crippen LogP contribution in [-0.2, 0) is 15.8 Å². The van der Waals surface area contributed by atoms with Gasteiger partial charge < -0.3 is 25.0 Å². The highest BCUT2D eigenvalue weighted by Gasteiger charge is 2.55. The lowest BCUT2D eigenvalue weighted by Crippen LogP contribution is -2.54. The number of nitrogens with zero attached hydrogens (tertiary/aromatic N) is 6. The molecule has 1 aromatic carbocycles. The maximum absolute atomic E-state index is 10.7. The zero-order chi connectivity index (χ0) is 29.6. The summed E-state index contributed by atoms with van der Waals surface area (Å²) < 4.78 is 6.35. The van der Waals surface area contributed by atoms with Crippen molar-refractivity contribution in [2.75, 3.05) is 41.9 Å². The zero-order valence-electron chi connectivity index (χ0n) is 25.8. The first-order valence-corrected chi connectivity index (χ1v) is 15.2. The van der Waals surface area contributed by atoms with E-state index in [4.69, 9.17) is 19.7 Å². The standard InChI is InChI=1S/C33H43N7O2/c1-20-13-21(11-12-25(20)39-18-22-14-23(39)17-38(22)7)35-30-34-16-24-29(37-30)40(27-15-31(2,3)42-19-33(24,27)6)28-10-8-9-26(36-28)32(4,5)41/h8-13,16,22-23,27,41H,14-15,17-19H2,1-7H3,(H,34,35,37)/t22-,23-,27+,33+/m0/s1. The molecular weight excluding hydrogens is 526 g/mol. The third-order valence-electron chi connectivity index (χ3n) is 9.99. The topological polar surface area (TPSA) is 89.9 Å². The van der Waals surface area contributed by atoms with Crippen LogP contribution in [0.5, 0.6) is 0 Å². The highest BCUT2D eigenvalue weighted by molar-refractivity contribution is 5.72. The third-order valence-corrected chi connectivity index (χ3v) is 9.99. The monoisotopic (exact) mass is 569 g/mol. The van der Waals surface area contributed by atoms with Gasteiger partial charge in [0.15, 0.2) is 0 Å². The number of rotatable bonds is 5. The van der Waals surface area contributed by atoms with Gasteiger partial charge in [-0.3, -0.25) is 4.90 Å².